The van der Waals surface area contributed by atoms with Gasteiger partial charge in [-0.05, 0) is 65.6 Å². The van der Waals surface area contributed by atoms with Gasteiger partial charge in [0.2, 0.25) is 11.8 Å². The van der Waals surface area contributed by atoms with Gasteiger partial charge in [0.25, 0.3) is 0 Å². The number of benzene rings is 2. The first-order chi connectivity index (χ1) is 16.7. The molecule has 2 saturated heterocycles. The highest BCUT2D eigenvalue weighted by atomic mass is 79.9. The van der Waals surface area contributed by atoms with Crippen molar-refractivity contribution in [2.75, 3.05) is 11.5 Å². The first-order valence-corrected chi connectivity index (χ1v) is 12.0. The number of amides is 2. The molecule has 2 aliphatic heterocycles. The van der Waals surface area contributed by atoms with Gasteiger partial charge in [0, 0.05) is 10.0 Å². The number of hydrogen-bond acceptors (Lipinski definition) is 8. The van der Waals surface area contributed by atoms with Gasteiger partial charge < -0.3 is 29.9 Å². The summed E-state index contributed by atoms with van der Waals surface area (Å²) in [5.41, 5.74) is 1.66. The lowest BCUT2D eigenvalue weighted by Crippen LogP contribution is -2.45. The van der Waals surface area contributed by atoms with Gasteiger partial charge in [-0.25, -0.2) is 0 Å². The number of allylic oxidation sites excluding steroid dienone is 1. The Bertz CT molecular complexity index is 1240. The summed E-state index contributed by atoms with van der Waals surface area (Å²) < 4.78 is 6.51. The summed E-state index contributed by atoms with van der Waals surface area (Å²) in [5, 5.41) is 50.4. The zero-order valence-corrected chi connectivity index (χ0v) is 20.0. The molecule has 2 heterocycles. The fraction of sp³-hybridized carbons (Fsp3) is 0.304. The number of nitrogens with zero attached hydrogens (tertiary/aromatic N) is 1. The lowest BCUT2D eigenvalue weighted by molar-refractivity contribution is -0.123. The molecule has 5 rings (SSSR count). The van der Waals surface area contributed by atoms with Crippen LogP contribution in [0.2, 0.25) is 0 Å². The van der Waals surface area contributed by atoms with E-state index in [2.05, 4.69) is 15.9 Å². The number of hydrogen-bond donors (Lipinski definition) is 5. The molecule has 35 heavy (non-hydrogen) atoms. The number of carbonyl (C=O) groups excluding carboxylic acids is 2. The Balaban J connectivity index is 1.55. The summed E-state index contributed by atoms with van der Waals surface area (Å²) in [6, 6.07) is 10.8. The van der Waals surface area contributed by atoms with Crippen molar-refractivity contribution in [3.8, 4) is 5.75 Å². The Kier molecular flexibility index (Phi) is 6.37. The Morgan fingerprint density at radius 3 is 2.60 bits per heavy atom. The van der Waals surface area contributed by atoms with Crippen LogP contribution in [0.4, 0.5) is 5.69 Å². The number of anilines is 1. The summed E-state index contributed by atoms with van der Waals surface area (Å²) in [7, 11) is -3.17. The topological polar surface area (TPSA) is 148 Å². The minimum absolute atomic E-state index is 0.0256. The van der Waals surface area contributed by atoms with Crippen LogP contribution in [0.15, 0.2) is 58.0 Å². The SMILES string of the molecule is O=C1[C@H]2[C@H](CC(CO)=C3B(O)O[C@H](c4cc(Br)ccc4O)C[C@H]32)C(=O)N1c1cccc(B(O)O)c1. The van der Waals surface area contributed by atoms with E-state index in [0.717, 1.165) is 4.90 Å². The highest BCUT2D eigenvalue weighted by Crippen LogP contribution is 2.52. The van der Waals surface area contributed by atoms with Gasteiger partial charge in [0.05, 0.1) is 30.2 Å². The molecule has 9 nitrogen and oxygen atoms in total. The Morgan fingerprint density at radius 2 is 1.89 bits per heavy atom. The molecule has 180 valence electrons. The number of halogens is 1. The van der Waals surface area contributed by atoms with Crippen molar-refractivity contribution in [3.63, 3.8) is 0 Å². The highest BCUT2D eigenvalue weighted by Gasteiger charge is 2.58. The van der Waals surface area contributed by atoms with Crippen LogP contribution in [0.3, 0.4) is 0 Å². The largest absolute Gasteiger partial charge is 0.508 e. The number of fused-ring (bicyclic) bond motifs is 3. The van der Waals surface area contributed by atoms with Gasteiger partial charge in [-0.15, -0.1) is 0 Å². The molecule has 0 saturated carbocycles. The maximum absolute atomic E-state index is 13.7. The van der Waals surface area contributed by atoms with Crippen LogP contribution in [0.1, 0.15) is 24.5 Å². The van der Waals surface area contributed by atoms with Gasteiger partial charge in [-0.2, -0.15) is 0 Å². The molecule has 2 aromatic rings. The monoisotopic (exact) mass is 541 g/mol. The molecule has 2 amide bonds. The second-order valence-electron chi connectivity index (χ2n) is 9.06. The van der Waals surface area contributed by atoms with Crippen LogP contribution in [0.5, 0.6) is 5.75 Å². The first-order valence-electron chi connectivity index (χ1n) is 11.2. The molecule has 3 aliphatic rings. The first kappa shape index (κ1) is 24.2. The van der Waals surface area contributed by atoms with Gasteiger partial charge in [-0.3, -0.25) is 14.5 Å². The van der Waals surface area contributed by atoms with E-state index in [4.69, 9.17) is 4.65 Å². The maximum Gasteiger partial charge on any atom is 0.488 e. The van der Waals surface area contributed by atoms with E-state index in [-0.39, 0.29) is 29.7 Å². The van der Waals surface area contributed by atoms with Crippen molar-refractivity contribution >= 4 is 53.1 Å². The number of phenols is 1. The molecular formula is C23H22B2BrNO8. The normalized spacial score (nSPS) is 26.2. The van der Waals surface area contributed by atoms with E-state index in [0.29, 0.717) is 21.1 Å². The molecule has 1 aliphatic carbocycles. The molecule has 0 unspecified atom stereocenters. The van der Waals surface area contributed by atoms with Crippen molar-refractivity contribution in [2.45, 2.75) is 18.9 Å². The fourth-order valence-corrected chi connectivity index (χ4v) is 6.00. The minimum Gasteiger partial charge on any atom is -0.508 e. The number of aliphatic hydroxyl groups excluding tert-OH is 1. The van der Waals surface area contributed by atoms with E-state index in [1.54, 1.807) is 18.2 Å². The molecule has 0 spiro atoms. The van der Waals surface area contributed by atoms with Crippen LogP contribution in [-0.2, 0) is 14.2 Å². The summed E-state index contributed by atoms with van der Waals surface area (Å²) in [4.78, 5) is 28.2. The molecule has 0 radical (unpaired) electrons. The Hall–Kier alpha value is -2.47. The van der Waals surface area contributed by atoms with Gasteiger partial charge in [0.15, 0.2) is 0 Å². The third kappa shape index (κ3) is 4.04. The fourth-order valence-electron chi connectivity index (χ4n) is 5.62. The van der Waals surface area contributed by atoms with E-state index < -0.39 is 56.5 Å². The van der Waals surface area contributed by atoms with Crippen LogP contribution >= 0.6 is 15.9 Å². The van der Waals surface area contributed by atoms with Crippen molar-refractivity contribution < 1.29 is 39.5 Å². The third-order valence-corrected chi connectivity index (χ3v) is 7.66. The van der Waals surface area contributed by atoms with Crippen LogP contribution in [0.25, 0.3) is 0 Å². The number of aromatic hydroxyl groups is 1. The standard InChI is InChI=1S/C23H22B2BrNO8/c26-13-4-5-18(29)15(8-13)19-9-16-20-17(6-11(10-28)21(16)25(34)35-19)22(30)27(23(20)31)14-3-1-2-12(7-14)24(32)33/h1-5,7-8,16-17,19-20,28-29,32-34H,6,9-10H2/t16-,17-,19-,20+/m0/s1. The number of carbonyl (C=O) groups is 2. The average Bonchev–Trinajstić information content (AvgIpc) is 3.09. The maximum atomic E-state index is 13.7. The number of phenolic OH excluding ortho intramolecular Hbond substituents is 1. The zero-order valence-electron chi connectivity index (χ0n) is 18.4. The van der Waals surface area contributed by atoms with Crippen molar-refractivity contribution in [1.82, 2.24) is 0 Å². The van der Waals surface area contributed by atoms with Crippen molar-refractivity contribution in [3.05, 3.63) is 63.5 Å². The molecule has 12 heteroatoms. The van der Waals surface area contributed by atoms with Crippen LogP contribution in [-0.4, -0.2) is 57.9 Å². The van der Waals surface area contributed by atoms with E-state index in [1.807, 2.05) is 0 Å². The minimum atomic E-state index is -1.76. The Labute approximate surface area is 210 Å². The zero-order chi connectivity index (χ0) is 25.0. The highest BCUT2D eigenvalue weighted by molar-refractivity contribution is 9.10. The quantitative estimate of drug-likeness (QED) is 0.276. The molecular weight excluding hydrogens is 520 g/mol. The van der Waals surface area contributed by atoms with E-state index >= 15 is 0 Å². The van der Waals surface area contributed by atoms with Crippen LogP contribution in [0, 0.1) is 17.8 Å². The summed E-state index contributed by atoms with van der Waals surface area (Å²) in [5.74, 6) is -3.08. The third-order valence-electron chi connectivity index (χ3n) is 7.17. The second-order valence-corrected chi connectivity index (χ2v) is 9.97. The average molecular weight is 542 g/mol. The predicted molar refractivity (Wildman–Crippen MR) is 130 cm³/mol. The summed E-state index contributed by atoms with van der Waals surface area (Å²) in [6.45, 7) is -0.393. The van der Waals surface area contributed by atoms with E-state index in [9.17, 15) is 34.9 Å². The smallest absolute Gasteiger partial charge is 0.488 e. The molecule has 2 aromatic carbocycles. The number of rotatable bonds is 4. The van der Waals surface area contributed by atoms with Crippen molar-refractivity contribution in [1.29, 1.82) is 0 Å². The van der Waals surface area contributed by atoms with Crippen molar-refractivity contribution in [2.24, 2.45) is 17.8 Å². The molecule has 5 N–H and O–H groups in total. The van der Waals surface area contributed by atoms with Gasteiger partial charge in [-0.1, -0.05) is 28.1 Å². The number of imide groups is 1. The lowest BCUT2D eigenvalue weighted by Gasteiger charge is -2.42. The molecule has 0 bridgehead atoms. The summed E-state index contributed by atoms with van der Waals surface area (Å²) in [6.07, 6.45) is -0.438. The number of aliphatic hydroxyl groups is 1. The molecule has 2 fully saturated rings. The van der Waals surface area contributed by atoms with Gasteiger partial charge >= 0.3 is 14.2 Å². The molecule has 0 aromatic heterocycles. The molecule has 4 atom stereocenters. The summed E-state index contributed by atoms with van der Waals surface area (Å²) >= 11 is 3.37. The lowest BCUT2D eigenvalue weighted by atomic mass is 9.55. The Morgan fingerprint density at radius 1 is 1.11 bits per heavy atom. The van der Waals surface area contributed by atoms with E-state index in [1.165, 1.54) is 24.3 Å². The van der Waals surface area contributed by atoms with Crippen LogP contribution < -0.4 is 10.4 Å². The predicted octanol–water partition coefficient (Wildman–Crippen LogP) is 0.430. The second kappa shape index (κ2) is 9.20. The van der Waals surface area contributed by atoms with Gasteiger partial charge in [0.1, 0.15) is 5.75 Å².